The summed E-state index contributed by atoms with van der Waals surface area (Å²) in [4.78, 5) is 11.2. The number of carbonyl (C=O) groups is 1. The number of carbonyl (C=O) groups excluding carboxylic acids is 1. The second-order valence-corrected chi connectivity index (χ2v) is 4.15. The van der Waals surface area contributed by atoms with Gasteiger partial charge in [0.2, 0.25) is 0 Å². The van der Waals surface area contributed by atoms with Crippen LogP contribution in [0.15, 0.2) is 0 Å². The van der Waals surface area contributed by atoms with Crippen LogP contribution in [0.3, 0.4) is 0 Å². The molecule has 1 heteroatoms. The van der Waals surface area contributed by atoms with Gasteiger partial charge in [0.1, 0.15) is 5.78 Å². The minimum atomic E-state index is 0.444. The van der Waals surface area contributed by atoms with Crippen LogP contribution in [0.4, 0.5) is 0 Å². The highest BCUT2D eigenvalue weighted by molar-refractivity contribution is 5.79. The molecule has 0 spiro atoms. The molecule has 2 aliphatic rings. The van der Waals surface area contributed by atoms with Crippen molar-refractivity contribution < 1.29 is 4.79 Å². The monoisotopic (exact) mass is 152 g/mol. The van der Waals surface area contributed by atoms with E-state index in [0.717, 1.165) is 11.8 Å². The van der Waals surface area contributed by atoms with E-state index < -0.39 is 0 Å². The van der Waals surface area contributed by atoms with Crippen LogP contribution in [0.1, 0.15) is 39.0 Å². The standard InChI is InChI=1S/C10H16O/c1-7(11)9-6-5-8-3-2-4-10(8)9/h8-10H,2-6H2,1H3/t8-,9+,10-/m0/s1. The van der Waals surface area contributed by atoms with Gasteiger partial charge in [-0.1, -0.05) is 12.8 Å². The second kappa shape index (κ2) is 2.62. The third-order valence-corrected chi connectivity index (χ3v) is 3.61. The Kier molecular flexibility index (Phi) is 1.74. The summed E-state index contributed by atoms with van der Waals surface area (Å²) in [5.74, 6) is 2.60. The lowest BCUT2D eigenvalue weighted by atomic mass is 9.89. The van der Waals surface area contributed by atoms with Crippen LogP contribution in [-0.2, 0) is 4.79 Å². The van der Waals surface area contributed by atoms with E-state index in [1.807, 2.05) is 0 Å². The number of rotatable bonds is 1. The summed E-state index contributed by atoms with van der Waals surface area (Å²) in [7, 11) is 0. The van der Waals surface area contributed by atoms with E-state index in [2.05, 4.69) is 0 Å². The van der Waals surface area contributed by atoms with Crippen molar-refractivity contribution in [3.63, 3.8) is 0 Å². The van der Waals surface area contributed by atoms with E-state index in [1.165, 1.54) is 32.1 Å². The topological polar surface area (TPSA) is 17.1 Å². The maximum atomic E-state index is 11.2. The molecule has 0 aromatic carbocycles. The molecule has 3 atom stereocenters. The van der Waals surface area contributed by atoms with Crippen LogP contribution in [0, 0.1) is 17.8 Å². The highest BCUT2D eigenvalue weighted by Crippen LogP contribution is 2.47. The molecule has 2 rings (SSSR count). The van der Waals surface area contributed by atoms with Crippen molar-refractivity contribution in [1.82, 2.24) is 0 Å². The molecule has 11 heavy (non-hydrogen) atoms. The molecule has 0 bridgehead atoms. The first-order chi connectivity index (χ1) is 5.29. The zero-order valence-corrected chi connectivity index (χ0v) is 7.18. The second-order valence-electron chi connectivity index (χ2n) is 4.15. The molecule has 0 saturated heterocycles. The van der Waals surface area contributed by atoms with E-state index in [0.29, 0.717) is 11.7 Å². The van der Waals surface area contributed by atoms with Gasteiger partial charge in [-0.2, -0.15) is 0 Å². The Bertz CT molecular complexity index is 174. The number of hydrogen-bond donors (Lipinski definition) is 0. The van der Waals surface area contributed by atoms with Crippen LogP contribution in [-0.4, -0.2) is 5.78 Å². The lowest BCUT2D eigenvalue weighted by Crippen LogP contribution is -2.16. The minimum absolute atomic E-state index is 0.444. The van der Waals surface area contributed by atoms with Crippen molar-refractivity contribution >= 4 is 5.78 Å². The van der Waals surface area contributed by atoms with E-state index in [-0.39, 0.29) is 0 Å². The lowest BCUT2D eigenvalue weighted by molar-refractivity contribution is -0.121. The first-order valence-corrected chi connectivity index (χ1v) is 4.79. The number of ketones is 1. The summed E-state index contributed by atoms with van der Waals surface area (Å²) in [5, 5.41) is 0. The lowest BCUT2D eigenvalue weighted by Gasteiger charge is -2.14. The zero-order chi connectivity index (χ0) is 7.84. The van der Waals surface area contributed by atoms with Gasteiger partial charge in [0, 0.05) is 5.92 Å². The number of Topliss-reactive ketones (excluding diaryl/α,β-unsaturated/α-hetero) is 1. The van der Waals surface area contributed by atoms with Crippen molar-refractivity contribution in [2.24, 2.45) is 17.8 Å². The molecule has 0 heterocycles. The molecule has 0 radical (unpaired) electrons. The normalized spacial score (nSPS) is 42.5. The number of hydrogen-bond acceptors (Lipinski definition) is 1. The van der Waals surface area contributed by atoms with E-state index >= 15 is 0 Å². The van der Waals surface area contributed by atoms with E-state index in [9.17, 15) is 4.79 Å². The molecule has 0 amide bonds. The Morgan fingerprint density at radius 3 is 2.73 bits per heavy atom. The quantitative estimate of drug-likeness (QED) is 0.564. The maximum absolute atomic E-state index is 11.2. The Morgan fingerprint density at radius 1 is 1.18 bits per heavy atom. The van der Waals surface area contributed by atoms with Crippen molar-refractivity contribution in [3.8, 4) is 0 Å². The molecule has 0 aromatic rings. The summed E-state index contributed by atoms with van der Waals surface area (Å²) < 4.78 is 0. The van der Waals surface area contributed by atoms with Crippen LogP contribution in [0.5, 0.6) is 0 Å². The molecule has 2 aliphatic carbocycles. The van der Waals surface area contributed by atoms with Crippen LogP contribution in [0.25, 0.3) is 0 Å². The predicted molar refractivity (Wildman–Crippen MR) is 44.2 cm³/mol. The Balaban J connectivity index is 2.08. The third-order valence-electron chi connectivity index (χ3n) is 3.61. The maximum Gasteiger partial charge on any atom is 0.133 e. The molecule has 0 N–H and O–H groups in total. The molecule has 62 valence electrons. The van der Waals surface area contributed by atoms with Gasteiger partial charge in [-0.25, -0.2) is 0 Å². The molecule has 2 fully saturated rings. The summed E-state index contributed by atoms with van der Waals surface area (Å²) >= 11 is 0. The van der Waals surface area contributed by atoms with E-state index in [4.69, 9.17) is 0 Å². The van der Waals surface area contributed by atoms with E-state index in [1.54, 1.807) is 6.92 Å². The third kappa shape index (κ3) is 1.11. The largest absolute Gasteiger partial charge is 0.300 e. The fourth-order valence-corrected chi connectivity index (χ4v) is 3.07. The first-order valence-electron chi connectivity index (χ1n) is 4.79. The van der Waals surface area contributed by atoms with Gasteiger partial charge in [-0.3, -0.25) is 4.79 Å². The average Bonchev–Trinajstić information content (AvgIpc) is 2.41. The fraction of sp³-hybridized carbons (Fsp3) is 0.900. The Hall–Kier alpha value is -0.330. The van der Waals surface area contributed by atoms with Crippen LogP contribution in [0.2, 0.25) is 0 Å². The minimum Gasteiger partial charge on any atom is -0.300 e. The molecule has 1 nitrogen and oxygen atoms in total. The van der Waals surface area contributed by atoms with Gasteiger partial charge in [0.25, 0.3) is 0 Å². The average molecular weight is 152 g/mol. The predicted octanol–water partition coefficient (Wildman–Crippen LogP) is 2.40. The summed E-state index contributed by atoms with van der Waals surface area (Å²) in [5.41, 5.74) is 0. The molecular formula is C10H16O. The van der Waals surface area contributed by atoms with Crippen molar-refractivity contribution in [1.29, 1.82) is 0 Å². The molecule has 0 aliphatic heterocycles. The van der Waals surface area contributed by atoms with Crippen molar-refractivity contribution in [2.45, 2.75) is 39.0 Å². The van der Waals surface area contributed by atoms with Gasteiger partial charge in [0.05, 0.1) is 0 Å². The summed E-state index contributed by atoms with van der Waals surface area (Å²) in [6, 6.07) is 0. The first kappa shape index (κ1) is 7.33. The highest BCUT2D eigenvalue weighted by atomic mass is 16.1. The Labute approximate surface area is 68.2 Å². The fourth-order valence-electron chi connectivity index (χ4n) is 3.07. The SMILES string of the molecule is CC(=O)[C@H]1CC[C@@H]2CCC[C@@H]21. The summed E-state index contributed by atoms with van der Waals surface area (Å²) in [6.45, 7) is 1.77. The smallest absolute Gasteiger partial charge is 0.133 e. The van der Waals surface area contributed by atoms with Gasteiger partial charge in [-0.15, -0.1) is 0 Å². The highest BCUT2D eigenvalue weighted by Gasteiger charge is 2.40. The van der Waals surface area contributed by atoms with Gasteiger partial charge >= 0.3 is 0 Å². The summed E-state index contributed by atoms with van der Waals surface area (Å²) in [6.07, 6.45) is 6.61. The van der Waals surface area contributed by atoms with Crippen molar-refractivity contribution in [2.75, 3.05) is 0 Å². The molecular weight excluding hydrogens is 136 g/mol. The van der Waals surface area contributed by atoms with Crippen LogP contribution >= 0.6 is 0 Å². The Morgan fingerprint density at radius 2 is 2.00 bits per heavy atom. The number of fused-ring (bicyclic) bond motifs is 1. The van der Waals surface area contributed by atoms with Crippen molar-refractivity contribution in [3.05, 3.63) is 0 Å². The van der Waals surface area contributed by atoms with Crippen LogP contribution < -0.4 is 0 Å². The zero-order valence-electron chi connectivity index (χ0n) is 7.18. The molecule has 2 saturated carbocycles. The molecule has 0 aromatic heterocycles. The van der Waals surface area contributed by atoms with Gasteiger partial charge < -0.3 is 0 Å². The molecule has 0 unspecified atom stereocenters. The van der Waals surface area contributed by atoms with Gasteiger partial charge in [-0.05, 0) is 38.0 Å². The van der Waals surface area contributed by atoms with Gasteiger partial charge in [0.15, 0.2) is 0 Å².